The zero-order valence-electron chi connectivity index (χ0n) is 8.92. The molecule has 0 aromatic heterocycles. The summed E-state index contributed by atoms with van der Waals surface area (Å²) in [5.41, 5.74) is 0.102. The van der Waals surface area contributed by atoms with E-state index in [0.29, 0.717) is 5.56 Å². The Bertz CT molecular complexity index is 399. The van der Waals surface area contributed by atoms with E-state index in [2.05, 4.69) is 25.0 Å². The fraction of sp³-hybridized carbons (Fsp3) is 0.300. The molecule has 0 fully saturated rings. The van der Waals surface area contributed by atoms with E-state index in [1.54, 1.807) is 24.3 Å². The minimum Gasteiger partial charge on any atom is -0.307 e. The number of benzene rings is 1. The van der Waals surface area contributed by atoms with Crippen LogP contribution in [0.3, 0.4) is 0 Å². The fourth-order valence-electron chi connectivity index (χ4n) is 1.16. The molecule has 16 heavy (non-hydrogen) atoms. The van der Waals surface area contributed by atoms with E-state index in [9.17, 15) is 9.36 Å². The Kier molecular flexibility index (Phi) is 4.87. The van der Waals surface area contributed by atoms with Gasteiger partial charge in [0, 0.05) is 14.2 Å². The average molecular weight is 307 g/mol. The van der Waals surface area contributed by atoms with Crippen molar-refractivity contribution in [1.29, 1.82) is 0 Å². The SMILES string of the molecule is COP(=O)(OC)C(=O)C(Br)c1ccccc1. The van der Waals surface area contributed by atoms with Gasteiger partial charge in [-0.25, -0.2) is 0 Å². The quantitative estimate of drug-likeness (QED) is 0.619. The Labute approximate surface area is 103 Å². The van der Waals surface area contributed by atoms with Crippen LogP contribution < -0.4 is 0 Å². The highest BCUT2D eigenvalue weighted by atomic mass is 79.9. The van der Waals surface area contributed by atoms with E-state index in [1.165, 1.54) is 14.2 Å². The van der Waals surface area contributed by atoms with Gasteiger partial charge in [0.05, 0.1) is 0 Å². The lowest BCUT2D eigenvalue weighted by Gasteiger charge is -2.15. The molecule has 0 saturated heterocycles. The van der Waals surface area contributed by atoms with Crippen LogP contribution in [0.2, 0.25) is 0 Å². The molecule has 1 atom stereocenters. The van der Waals surface area contributed by atoms with E-state index in [4.69, 9.17) is 0 Å². The van der Waals surface area contributed by atoms with Crippen molar-refractivity contribution in [2.75, 3.05) is 14.2 Å². The molecule has 0 amide bonds. The van der Waals surface area contributed by atoms with Crippen LogP contribution in [0.4, 0.5) is 0 Å². The molecule has 4 nitrogen and oxygen atoms in total. The number of hydrogen-bond donors (Lipinski definition) is 0. The van der Waals surface area contributed by atoms with Gasteiger partial charge in [-0.1, -0.05) is 46.3 Å². The van der Waals surface area contributed by atoms with Gasteiger partial charge in [0.1, 0.15) is 4.83 Å². The van der Waals surface area contributed by atoms with Gasteiger partial charge < -0.3 is 9.05 Å². The van der Waals surface area contributed by atoms with Crippen molar-refractivity contribution in [3.8, 4) is 0 Å². The average Bonchev–Trinajstić information content (AvgIpc) is 2.37. The van der Waals surface area contributed by atoms with Crippen LogP contribution in [-0.2, 0) is 18.4 Å². The van der Waals surface area contributed by atoms with Gasteiger partial charge in [-0.05, 0) is 5.56 Å². The lowest BCUT2D eigenvalue weighted by Crippen LogP contribution is -2.09. The normalized spacial score (nSPS) is 13.4. The lowest BCUT2D eigenvalue weighted by molar-refractivity contribution is -0.113. The molecule has 0 aliphatic rings. The number of rotatable bonds is 5. The Morgan fingerprint density at radius 1 is 1.25 bits per heavy atom. The zero-order chi connectivity index (χ0) is 12.2. The van der Waals surface area contributed by atoms with Crippen molar-refractivity contribution in [3.63, 3.8) is 0 Å². The van der Waals surface area contributed by atoms with Crippen LogP contribution in [-0.4, -0.2) is 19.7 Å². The first-order valence-electron chi connectivity index (χ1n) is 4.50. The highest BCUT2D eigenvalue weighted by Gasteiger charge is 2.37. The third kappa shape index (κ3) is 2.80. The molecule has 1 aromatic carbocycles. The summed E-state index contributed by atoms with van der Waals surface area (Å²) in [5, 5.41) is 0. The molecule has 6 heteroatoms. The van der Waals surface area contributed by atoms with Gasteiger partial charge in [0.2, 0.25) is 0 Å². The zero-order valence-corrected chi connectivity index (χ0v) is 11.4. The molecule has 1 unspecified atom stereocenters. The summed E-state index contributed by atoms with van der Waals surface area (Å²) in [5.74, 6) is 0. The summed E-state index contributed by atoms with van der Waals surface area (Å²) < 4.78 is 21.1. The first-order valence-corrected chi connectivity index (χ1v) is 6.96. The van der Waals surface area contributed by atoms with Crippen molar-refractivity contribution in [3.05, 3.63) is 35.9 Å². The summed E-state index contributed by atoms with van der Waals surface area (Å²) in [6.07, 6.45) is 0. The van der Waals surface area contributed by atoms with Crippen molar-refractivity contribution in [2.45, 2.75) is 4.83 Å². The third-order valence-electron chi connectivity index (χ3n) is 2.06. The third-order valence-corrected chi connectivity index (χ3v) is 5.12. The lowest BCUT2D eigenvalue weighted by atomic mass is 10.2. The van der Waals surface area contributed by atoms with Gasteiger partial charge in [-0.3, -0.25) is 9.36 Å². The topological polar surface area (TPSA) is 52.6 Å². The maximum Gasteiger partial charge on any atom is 0.397 e. The van der Waals surface area contributed by atoms with E-state index in [-0.39, 0.29) is 0 Å². The molecule has 0 spiro atoms. The molecular formula is C10H12BrO4P. The van der Waals surface area contributed by atoms with Crippen LogP contribution >= 0.6 is 23.5 Å². The molecule has 1 rings (SSSR count). The highest BCUT2D eigenvalue weighted by Crippen LogP contribution is 2.52. The summed E-state index contributed by atoms with van der Waals surface area (Å²) in [6.45, 7) is 0. The number of hydrogen-bond acceptors (Lipinski definition) is 4. The second kappa shape index (κ2) is 5.73. The Hall–Kier alpha value is -0.480. The first-order chi connectivity index (χ1) is 7.55. The molecular weight excluding hydrogens is 295 g/mol. The minimum atomic E-state index is -3.68. The van der Waals surface area contributed by atoms with Crippen molar-refractivity contribution < 1.29 is 18.4 Å². The van der Waals surface area contributed by atoms with E-state index in [0.717, 1.165) is 0 Å². The maximum absolute atomic E-state index is 11.9. The van der Waals surface area contributed by atoms with Gasteiger partial charge in [0.15, 0.2) is 0 Å². The van der Waals surface area contributed by atoms with Crippen LogP contribution in [0.1, 0.15) is 10.4 Å². The van der Waals surface area contributed by atoms with Crippen LogP contribution in [0, 0.1) is 0 Å². The summed E-state index contributed by atoms with van der Waals surface area (Å²) in [4.78, 5) is 11.2. The summed E-state index contributed by atoms with van der Waals surface area (Å²) >= 11 is 3.19. The Morgan fingerprint density at radius 2 is 1.75 bits per heavy atom. The minimum absolute atomic E-state index is 0.608. The first kappa shape index (κ1) is 13.6. The van der Waals surface area contributed by atoms with Gasteiger partial charge in [-0.2, -0.15) is 0 Å². The molecule has 0 heterocycles. The van der Waals surface area contributed by atoms with Gasteiger partial charge in [0.25, 0.3) is 5.52 Å². The second-order valence-corrected chi connectivity index (χ2v) is 6.06. The molecule has 0 aliphatic heterocycles. The molecule has 0 saturated carbocycles. The molecule has 0 aliphatic carbocycles. The fourth-order valence-corrected chi connectivity index (χ4v) is 3.15. The second-order valence-electron chi connectivity index (χ2n) is 2.97. The van der Waals surface area contributed by atoms with Crippen LogP contribution in [0.25, 0.3) is 0 Å². The predicted molar refractivity (Wildman–Crippen MR) is 64.7 cm³/mol. The maximum atomic E-state index is 11.9. The van der Waals surface area contributed by atoms with E-state index >= 15 is 0 Å². The van der Waals surface area contributed by atoms with Crippen LogP contribution in [0.15, 0.2) is 30.3 Å². The van der Waals surface area contributed by atoms with Gasteiger partial charge in [-0.15, -0.1) is 0 Å². The largest absolute Gasteiger partial charge is 0.397 e. The number of carbonyl (C=O) groups is 1. The molecule has 0 radical (unpaired) electrons. The Morgan fingerprint density at radius 3 is 2.19 bits per heavy atom. The standard InChI is InChI=1S/C10H12BrO4P/c1-14-16(13,15-2)10(12)9(11)8-6-4-3-5-7-8/h3-7,9H,1-2H3. The van der Waals surface area contributed by atoms with Crippen molar-refractivity contribution in [1.82, 2.24) is 0 Å². The predicted octanol–water partition coefficient (Wildman–Crippen LogP) is 3.14. The van der Waals surface area contributed by atoms with Crippen LogP contribution in [0.5, 0.6) is 0 Å². The number of carbonyl (C=O) groups excluding carboxylic acids is 1. The monoisotopic (exact) mass is 306 g/mol. The molecule has 88 valence electrons. The van der Waals surface area contributed by atoms with Crippen molar-refractivity contribution in [2.24, 2.45) is 0 Å². The summed E-state index contributed by atoms with van der Waals surface area (Å²) in [7, 11) is -1.30. The summed E-state index contributed by atoms with van der Waals surface area (Å²) in [6, 6.07) is 8.93. The number of alkyl halides is 1. The van der Waals surface area contributed by atoms with Gasteiger partial charge >= 0.3 is 7.60 Å². The molecule has 0 bridgehead atoms. The smallest absolute Gasteiger partial charge is 0.307 e. The molecule has 0 N–H and O–H groups in total. The number of halogens is 1. The molecule has 1 aromatic rings. The van der Waals surface area contributed by atoms with Crippen molar-refractivity contribution >= 4 is 29.1 Å². The van der Waals surface area contributed by atoms with E-state index < -0.39 is 17.9 Å². The highest BCUT2D eigenvalue weighted by molar-refractivity contribution is 9.09. The van der Waals surface area contributed by atoms with E-state index in [1.807, 2.05) is 6.07 Å². The Balaban J connectivity index is 2.95.